The lowest BCUT2D eigenvalue weighted by atomic mass is 10.2. The highest BCUT2D eigenvalue weighted by Crippen LogP contribution is 2.25. The first-order valence-corrected chi connectivity index (χ1v) is 5.48. The first kappa shape index (κ1) is 12.2. The third-order valence-electron chi connectivity index (χ3n) is 1.89. The van der Waals surface area contributed by atoms with Crippen LogP contribution in [0.15, 0.2) is 22.7 Å². The van der Waals surface area contributed by atoms with Crippen LogP contribution in [0.1, 0.15) is 23.7 Å². The van der Waals surface area contributed by atoms with E-state index in [0.717, 1.165) is 10.8 Å². The summed E-state index contributed by atoms with van der Waals surface area (Å²) in [5, 5.41) is 9.04. The molecule has 1 N–H and O–H groups in total. The van der Waals surface area contributed by atoms with E-state index in [1.54, 1.807) is 25.1 Å². The Balaban J connectivity index is 2.58. The highest BCUT2D eigenvalue weighted by atomic mass is 79.9. The van der Waals surface area contributed by atoms with Crippen LogP contribution >= 0.6 is 15.9 Å². The van der Waals surface area contributed by atoms with Crippen molar-refractivity contribution in [3.63, 3.8) is 0 Å². The van der Waals surface area contributed by atoms with Crippen LogP contribution in [0.5, 0.6) is 5.75 Å². The van der Waals surface area contributed by atoms with Crippen LogP contribution in [0.4, 0.5) is 0 Å². The van der Waals surface area contributed by atoms with Gasteiger partial charge in [0.05, 0.1) is 17.2 Å². The summed E-state index contributed by atoms with van der Waals surface area (Å²) in [4.78, 5) is 10.5. The van der Waals surface area contributed by atoms with Crippen LogP contribution in [-0.2, 0) is 0 Å². The number of halogens is 1. The van der Waals surface area contributed by atoms with E-state index in [-0.39, 0.29) is 6.10 Å². The molecule has 0 aliphatic rings. The largest absolute Gasteiger partial charge is 0.492 e. The van der Waals surface area contributed by atoms with Gasteiger partial charge in [0, 0.05) is 12.0 Å². The van der Waals surface area contributed by atoms with Crippen molar-refractivity contribution in [3.05, 3.63) is 28.2 Å². The van der Waals surface area contributed by atoms with Crippen LogP contribution in [-0.4, -0.2) is 24.1 Å². The van der Waals surface area contributed by atoms with E-state index in [9.17, 15) is 4.79 Å². The zero-order valence-electron chi connectivity index (χ0n) is 8.44. The highest BCUT2D eigenvalue weighted by Gasteiger charge is 2.03. The molecule has 3 nitrogen and oxygen atoms in total. The summed E-state index contributed by atoms with van der Waals surface area (Å²) < 4.78 is 6.17. The second kappa shape index (κ2) is 5.88. The van der Waals surface area contributed by atoms with E-state index in [1.807, 2.05) is 0 Å². The van der Waals surface area contributed by atoms with Gasteiger partial charge in [-0.25, -0.2) is 0 Å². The van der Waals surface area contributed by atoms with E-state index in [0.29, 0.717) is 24.3 Å². The van der Waals surface area contributed by atoms with E-state index in [1.165, 1.54) is 0 Å². The maximum atomic E-state index is 10.5. The Morgan fingerprint density at radius 3 is 2.87 bits per heavy atom. The second-order valence-corrected chi connectivity index (χ2v) is 4.15. The number of aliphatic hydroxyl groups is 1. The van der Waals surface area contributed by atoms with Gasteiger partial charge < -0.3 is 9.84 Å². The Bertz CT molecular complexity index is 337. The fourth-order valence-electron chi connectivity index (χ4n) is 1.05. The van der Waals surface area contributed by atoms with Gasteiger partial charge in [0.15, 0.2) is 0 Å². The standard InChI is InChI=1S/C11H13BrO3/c1-8(14)4-5-15-11-3-2-9(7-13)6-10(11)12/h2-3,6-8,14H,4-5H2,1H3. The molecule has 0 saturated carbocycles. The summed E-state index contributed by atoms with van der Waals surface area (Å²) in [5.41, 5.74) is 0.602. The molecule has 0 aliphatic carbocycles. The minimum atomic E-state index is -0.363. The topological polar surface area (TPSA) is 46.5 Å². The van der Waals surface area contributed by atoms with Gasteiger partial charge in [-0.15, -0.1) is 0 Å². The molecule has 0 fully saturated rings. The predicted molar refractivity (Wildman–Crippen MR) is 61.3 cm³/mol. The van der Waals surface area contributed by atoms with Crippen LogP contribution in [0, 0.1) is 0 Å². The molecule has 0 aromatic heterocycles. The lowest BCUT2D eigenvalue weighted by Crippen LogP contribution is -2.07. The van der Waals surface area contributed by atoms with E-state index >= 15 is 0 Å². The van der Waals surface area contributed by atoms with Crippen LogP contribution in [0.3, 0.4) is 0 Å². The van der Waals surface area contributed by atoms with Crippen LogP contribution in [0.2, 0.25) is 0 Å². The summed E-state index contributed by atoms with van der Waals surface area (Å²) in [5.74, 6) is 0.682. The van der Waals surface area contributed by atoms with Gasteiger partial charge in [-0.2, -0.15) is 0 Å². The van der Waals surface area contributed by atoms with Crippen molar-refractivity contribution in [1.82, 2.24) is 0 Å². The van der Waals surface area contributed by atoms with E-state index in [4.69, 9.17) is 9.84 Å². The molecule has 1 aromatic carbocycles. The molecule has 0 heterocycles. The number of carbonyl (C=O) groups excluding carboxylic acids is 1. The fourth-order valence-corrected chi connectivity index (χ4v) is 1.56. The molecular formula is C11H13BrO3. The SMILES string of the molecule is CC(O)CCOc1ccc(C=O)cc1Br. The molecule has 0 saturated heterocycles. The Morgan fingerprint density at radius 2 is 2.33 bits per heavy atom. The molecule has 15 heavy (non-hydrogen) atoms. The fraction of sp³-hybridized carbons (Fsp3) is 0.364. The normalized spacial score (nSPS) is 12.2. The third-order valence-corrected chi connectivity index (χ3v) is 2.50. The Hall–Kier alpha value is -0.870. The highest BCUT2D eigenvalue weighted by molar-refractivity contribution is 9.10. The maximum absolute atomic E-state index is 10.5. The molecule has 0 amide bonds. The Kier molecular flexibility index (Phi) is 4.78. The molecule has 4 heteroatoms. The first-order chi connectivity index (χ1) is 7.13. The molecular weight excluding hydrogens is 260 g/mol. The quantitative estimate of drug-likeness (QED) is 0.838. The molecule has 1 rings (SSSR count). The average molecular weight is 273 g/mol. The minimum absolute atomic E-state index is 0.363. The van der Waals surface area contributed by atoms with Crippen LogP contribution in [0.25, 0.3) is 0 Å². The number of aliphatic hydroxyl groups excluding tert-OH is 1. The van der Waals surface area contributed by atoms with Crippen molar-refractivity contribution >= 4 is 22.2 Å². The minimum Gasteiger partial charge on any atom is -0.492 e. The van der Waals surface area contributed by atoms with Gasteiger partial charge in [-0.05, 0) is 41.1 Å². The monoisotopic (exact) mass is 272 g/mol. The van der Waals surface area contributed by atoms with Crippen molar-refractivity contribution in [1.29, 1.82) is 0 Å². The van der Waals surface area contributed by atoms with Gasteiger partial charge >= 0.3 is 0 Å². The molecule has 0 aliphatic heterocycles. The summed E-state index contributed by atoms with van der Waals surface area (Å²) in [6.07, 6.45) is 1.00. The maximum Gasteiger partial charge on any atom is 0.150 e. The summed E-state index contributed by atoms with van der Waals surface area (Å²) in [6.45, 7) is 2.17. The van der Waals surface area contributed by atoms with Crippen molar-refractivity contribution in [2.75, 3.05) is 6.61 Å². The smallest absolute Gasteiger partial charge is 0.150 e. The predicted octanol–water partition coefficient (Wildman–Crippen LogP) is 2.41. The molecule has 0 bridgehead atoms. The summed E-state index contributed by atoms with van der Waals surface area (Å²) >= 11 is 3.31. The van der Waals surface area contributed by atoms with Crippen molar-refractivity contribution in [2.45, 2.75) is 19.4 Å². The van der Waals surface area contributed by atoms with E-state index < -0.39 is 0 Å². The van der Waals surface area contributed by atoms with Gasteiger partial charge in [0.2, 0.25) is 0 Å². The lowest BCUT2D eigenvalue weighted by molar-refractivity contribution is 0.112. The molecule has 1 atom stereocenters. The Labute approximate surface area is 97.2 Å². The number of benzene rings is 1. The second-order valence-electron chi connectivity index (χ2n) is 3.29. The summed E-state index contributed by atoms with van der Waals surface area (Å²) in [6, 6.07) is 5.12. The zero-order chi connectivity index (χ0) is 11.3. The van der Waals surface area contributed by atoms with Gasteiger partial charge in [-0.3, -0.25) is 4.79 Å². The molecule has 0 spiro atoms. The van der Waals surface area contributed by atoms with Crippen molar-refractivity contribution in [2.24, 2.45) is 0 Å². The van der Waals surface area contributed by atoms with Gasteiger partial charge in [0.1, 0.15) is 12.0 Å². The number of ether oxygens (including phenoxy) is 1. The molecule has 82 valence electrons. The van der Waals surface area contributed by atoms with E-state index in [2.05, 4.69) is 15.9 Å². The van der Waals surface area contributed by atoms with Crippen LogP contribution < -0.4 is 4.74 Å². The number of hydrogen-bond donors (Lipinski definition) is 1. The molecule has 0 radical (unpaired) electrons. The van der Waals surface area contributed by atoms with Gasteiger partial charge in [-0.1, -0.05) is 0 Å². The summed E-state index contributed by atoms with van der Waals surface area (Å²) in [7, 11) is 0. The first-order valence-electron chi connectivity index (χ1n) is 4.69. The molecule has 1 unspecified atom stereocenters. The van der Waals surface area contributed by atoms with Gasteiger partial charge in [0.25, 0.3) is 0 Å². The number of carbonyl (C=O) groups is 1. The number of aldehydes is 1. The third kappa shape index (κ3) is 4.01. The number of rotatable bonds is 5. The zero-order valence-corrected chi connectivity index (χ0v) is 10.0. The number of hydrogen-bond acceptors (Lipinski definition) is 3. The van der Waals surface area contributed by atoms with Crippen molar-refractivity contribution < 1.29 is 14.6 Å². The molecule has 1 aromatic rings. The average Bonchev–Trinajstić information content (AvgIpc) is 2.20. The Morgan fingerprint density at radius 1 is 1.60 bits per heavy atom. The lowest BCUT2D eigenvalue weighted by Gasteiger charge is -2.09. The van der Waals surface area contributed by atoms with Crippen molar-refractivity contribution in [3.8, 4) is 5.75 Å².